The first kappa shape index (κ1) is 17.9. The van der Waals surface area contributed by atoms with E-state index in [2.05, 4.69) is 21.0 Å². The van der Waals surface area contributed by atoms with Crippen LogP contribution in [0.3, 0.4) is 0 Å². The summed E-state index contributed by atoms with van der Waals surface area (Å²) >= 11 is 4.51. The molecule has 3 aromatic rings. The number of pyridine rings is 1. The molecule has 0 bridgehead atoms. The summed E-state index contributed by atoms with van der Waals surface area (Å²) in [7, 11) is -3.46. The number of hydrogen-bond donors (Lipinski definition) is 0. The molecular formula is C15H16BrN5O3S2. The molecule has 138 valence electrons. The Kier molecular flexibility index (Phi) is 4.73. The molecule has 0 atom stereocenters. The van der Waals surface area contributed by atoms with Crippen molar-refractivity contribution in [2.24, 2.45) is 0 Å². The maximum absolute atomic E-state index is 12.7. The number of sulfonamides is 1. The topological polar surface area (TPSA) is 79.9 Å². The van der Waals surface area contributed by atoms with E-state index in [9.17, 15) is 13.2 Å². The lowest BCUT2D eigenvalue weighted by Gasteiger charge is -2.33. The second-order valence-corrected chi connectivity index (χ2v) is 10.6. The summed E-state index contributed by atoms with van der Waals surface area (Å²) in [6.07, 6.45) is 1.69. The number of thiophene rings is 1. The molecule has 1 aliphatic rings. The highest BCUT2D eigenvalue weighted by Gasteiger charge is 2.29. The van der Waals surface area contributed by atoms with Gasteiger partial charge in [-0.1, -0.05) is 6.07 Å². The molecule has 0 amide bonds. The molecule has 0 N–H and O–H groups in total. The van der Waals surface area contributed by atoms with Gasteiger partial charge in [0.2, 0.25) is 0 Å². The van der Waals surface area contributed by atoms with Crippen molar-refractivity contribution >= 4 is 42.9 Å². The molecule has 0 radical (unpaired) electrons. The third kappa shape index (κ3) is 3.25. The van der Waals surface area contributed by atoms with E-state index in [-0.39, 0.29) is 5.69 Å². The molecule has 11 heteroatoms. The Labute approximate surface area is 162 Å². The van der Waals surface area contributed by atoms with Crippen LogP contribution in [0.4, 0.5) is 0 Å². The fourth-order valence-corrected chi connectivity index (χ4v) is 6.51. The van der Waals surface area contributed by atoms with E-state index in [1.807, 2.05) is 11.0 Å². The average molecular weight is 458 g/mol. The lowest BCUT2D eigenvalue weighted by molar-refractivity contribution is 0.144. The zero-order valence-electron chi connectivity index (χ0n) is 13.7. The van der Waals surface area contributed by atoms with Gasteiger partial charge in [0.15, 0.2) is 5.65 Å². The van der Waals surface area contributed by atoms with Gasteiger partial charge in [-0.2, -0.15) is 8.99 Å². The number of hydrogen-bond acceptors (Lipinski definition) is 6. The van der Waals surface area contributed by atoms with Crippen molar-refractivity contribution in [3.63, 3.8) is 0 Å². The van der Waals surface area contributed by atoms with Gasteiger partial charge in [0.25, 0.3) is 10.0 Å². The van der Waals surface area contributed by atoms with Gasteiger partial charge in [-0.25, -0.2) is 13.2 Å². The molecule has 0 spiro atoms. The summed E-state index contributed by atoms with van der Waals surface area (Å²) in [5.74, 6) is 0. The van der Waals surface area contributed by atoms with Crippen LogP contribution in [0.2, 0.25) is 0 Å². The third-order valence-electron chi connectivity index (χ3n) is 4.30. The fraction of sp³-hybridized carbons (Fsp3) is 0.333. The van der Waals surface area contributed by atoms with Crippen LogP contribution in [0.15, 0.2) is 49.3 Å². The highest BCUT2D eigenvalue weighted by Crippen LogP contribution is 2.28. The molecule has 1 aliphatic heterocycles. The van der Waals surface area contributed by atoms with Crippen molar-refractivity contribution in [1.82, 2.24) is 23.4 Å². The van der Waals surface area contributed by atoms with Crippen LogP contribution in [0.5, 0.6) is 0 Å². The van der Waals surface area contributed by atoms with E-state index in [4.69, 9.17) is 0 Å². The first-order valence-electron chi connectivity index (χ1n) is 7.97. The molecule has 0 unspecified atom stereocenters. The van der Waals surface area contributed by atoms with Gasteiger partial charge in [-0.3, -0.25) is 9.30 Å². The molecule has 0 aromatic carbocycles. The lowest BCUT2D eigenvalue weighted by Crippen LogP contribution is -2.49. The highest BCUT2D eigenvalue weighted by atomic mass is 79.9. The Morgan fingerprint density at radius 2 is 1.88 bits per heavy atom. The molecule has 1 fully saturated rings. The molecule has 0 saturated carbocycles. The molecule has 1 saturated heterocycles. The predicted octanol–water partition coefficient (Wildman–Crippen LogP) is 1.28. The van der Waals surface area contributed by atoms with Crippen molar-refractivity contribution in [2.45, 2.75) is 10.9 Å². The van der Waals surface area contributed by atoms with E-state index in [0.717, 1.165) is 3.79 Å². The number of aromatic nitrogens is 3. The summed E-state index contributed by atoms with van der Waals surface area (Å²) in [6.45, 7) is 2.22. The Morgan fingerprint density at radius 3 is 2.54 bits per heavy atom. The van der Waals surface area contributed by atoms with Crippen LogP contribution in [-0.2, 0) is 16.7 Å². The SMILES string of the molecule is O=c1n(CN2CCN(S(=O)(=O)c3ccc(Br)s3)CC2)nc2ccccn12. The van der Waals surface area contributed by atoms with Gasteiger partial charge in [-0.15, -0.1) is 16.4 Å². The summed E-state index contributed by atoms with van der Waals surface area (Å²) in [6, 6.07) is 8.75. The molecule has 0 aliphatic carbocycles. The average Bonchev–Trinajstić information content (AvgIpc) is 3.21. The maximum atomic E-state index is 12.7. The molecule has 4 rings (SSSR count). The Balaban J connectivity index is 1.45. The van der Waals surface area contributed by atoms with Crippen LogP contribution in [-0.4, -0.2) is 58.0 Å². The third-order valence-corrected chi connectivity index (χ3v) is 8.29. The zero-order chi connectivity index (χ0) is 18.3. The summed E-state index contributed by atoms with van der Waals surface area (Å²) in [5.41, 5.74) is 0.404. The number of rotatable bonds is 4. The molecule has 3 aromatic heterocycles. The molecule has 26 heavy (non-hydrogen) atoms. The van der Waals surface area contributed by atoms with Crippen molar-refractivity contribution in [3.05, 3.63) is 50.8 Å². The van der Waals surface area contributed by atoms with Crippen molar-refractivity contribution in [2.75, 3.05) is 26.2 Å². The predicted molar refractivity (Wildman–Crippen MR) is 102 cm³/mol. The number of nitrogens with zero attached hydrogens (tertiary/aromatic N) is 5. The van der Waals surface area contributed by atoms with E-state index in [0.29, 0.717) is 42.7 Å². The van der Waals surface area contributed by atoms with Crippen molar-refractivity contribution in [3.8, 4) is 0 Å². The van der Waals surface area contributed by atoms with Crippen molar-refractivity contribution < 1.29 is 8.42 Å². The molecule has 8 nitrogen and oxygen atoms in total. The second-order valence-electron chi connectivity index (χ2n) is 5.93. The number of piperazine rings is 1. The quantitative estimate of drug-likeness (QED) is 0.589. The van der Waals surface area contributed by atoms with Gasteiger partial charge >= 0.3 is 5.69 Å². The van der Waals surface area contributed by atoms with Gasteiger partial charge in [0.1, 0.15) is 4.21 Å². The molecule has 4 heterocycles. The minimum atomic E-state index is -3.46. The van der Waals surface area contributed by atoms with Gasteiger partial charge in [0, 0.05) is 32.4 Å². The Hall–Kier alpha value is -1.53. The minimum absolute atomic E-state index is 0.195. The van der Waals surface area contributed by atoms with E-state index < -0.39 is 10.0 Å². The Morgan fingerprint density at radius 1 is 1.12 bits per heavy atom. The first-order chi connectivity index (χ1) is 12.4. The molecular weight excluding hydrogens is 442 g/mol. The largest absolute Gasteiger partial charge is 0.351 e. The number of halogens is 1. The van der Waals surface area contributed by atoms with Crippen LogP contribution in [0.1, 0.15) is 0 Å². The van der Waals surface area contributed by atoms with E-state index in [1.165, 1.54) is 24.7 Å². The smallest absolute Gasteiger partial charge is 0.282 e. The first-order valence-corrected chi connectivity index (χ1v) is 11.0. The van der Waals surface area contributed by atoms with E-state index in [1.54, 1.807) is 30.5 Å². The van der Waals surface area contributed by atoms with Crippen molar-refractivity contribution in [1.29, 1.82) is 0 Å². The fourth-order valence-electron chi connectivity index (χ4n) is 2.92. The van der Waals surface area contributed by atoms with Crippen LogP contribution in [0, 0.1) is 0 Å². The standard InChI is InChI=1S/C15H16BrN5O3S2/c16-12-4-5-14(25-12)26(23,24)19-9-7-18(8-10-19)11-21-15(22)20-6-2-1-3-13(20)17-21/h1-6H,7-11H2. The van der Waals surface area contributed by atoms with Crippen LogP contribution < -0.4 is 5.69 Å². The summed E-state index contributed by atoms with van der Waals surface area (Å²) in [5, 5.41) is 4.31. The highest BCUT2D eigenvalue weighted by molar-refractivity contribution is 9.11. The summed E-state index contributed by atoms with van der Waals surface area (Å²) in [4.78, 5) is 14.4. The second kappa shape index (κ2) is 6.89. The van der Waals surface area contributed by atoms with Gasteiger partial charge in [-0.05, 0) is 40.2 Å². The normalized spacial score (nSPS) is 17.1. The maximum Gasteiger partial charge on any atom is 0.351 e. The van der Waals surface area contributed by atoms with E-state index >= 15 is 0 Å². The minimum Gasteiger partial charge on any atom is -0.282 e. The van der Waals surface area contributed by atoms with Gasteiger partial charge < -0.3 is 0 Å². The lowest BCUT2D eigenvalue weighted by atomic mass is 10.4. The van der Waals surface area contributed by atoms with Gasteiger partial charge in [0.05, 0.1) is 10.5 Å². The zero-order valence-corrected chi connectivity index (χ0v) is 16.9. The summed E-state index contributed by atoms with van der Waals surface area (Å²) < 4.78 is 30.9. The monoisotopic (exact) mass is 457 g/mol. The Bertz CT molecular complexity index is 1100. The number of fused-ring (bicyclic) bond motifs is 1. The van der Waals surface area contributed by atoms with Crippen LogP contribution >= 0.6 is 27.3 Å². The van der Waals surface area contributed by atoms with Crippen LogP contribution in [0.25, 0.3) is 5.65 Å².